The van der Waals surface area contributed by atoms with Crippen LogP contribution in [0, 0.1) is 5.92 Å². The van der Waals surface area contributed by atoms with Crippen LogP contribution in [-0.2, 0) is 6.54 Å². The summed E-state index contributed by atoms with van der Waals surface area (Å²) in [6.45, 7) is 8.89. The molecule has 0 bridgehead atoms. The minimum Gasteiger partial charge on any atom is -0.389 e. The fraction of sp³-hybridized carbons (Fsp3) is 0.733. The number of aliphatic hydroxyl groups is 1. The molecule has 0 aliphatic carbocycles. The number of amides is 1. The molecule has 1 fully saturated rings. The Bertz CT molecular complexity index is 474. The van der Waals surface area contributed by atoms with Gasteiger partial charge in [0.1, 0.15) is 0 Å². The van der Waals surface area contributed by atoms with E-state index in [0.717, 1.165) is 31.2 Å². The summed E-state index contributed by atoms with van der Waals surface area (Å²) in [4.78, 5) is 18.8. The first-order chi connectivity index (χ1) is 9.83. The van der Waals surface area contributed by atoms with Crippen LogP contribution in [0.4, 0.5) is 0 Å². The summed E-state index contributed by atoms with van der Waals surface area (Å²) in [6.07, 6.45) is 2.48. The Balaban J connectivity index is 1.85. The zero-order valence-electron chi connectivity index (χ0n) is 13.1. The number of nitrogens with zero attached hydrogens (tertiary/aromatic N) is 2. The highest BCUT2D eigenvalue weighted by atomic mass is 32.1. The Hall–Kier alpha value is -0.980. The van der Waals surface area contributed by atoms with E-state index in [1.165, 1.54) is 24.2 Å². The van der Waals surface area contributed by atoms with Crippen LogP contribution in [0.15, 0.2) is 5.38 Å². The number of carbonyl (C=O) groups excluding carboxylic acids is 1. The average molecular weight is 311 g/mol. The molecule has 1 aromatic heterocycles. The third kappa shape index (κ3) is 5.37. The molecule has 1 aliphatic rings. The molecule has 0 saturated carbocycles. The van der Waals surface area contributed by atoms with Crippen molar-refractivity contribution in [2.45, 2.75) is 45.8 Å². The summed E-state index contributed by atoms with van der Waals surface area (Å²) in [5.41, 5.74) is 0.0585. The predicted octanol–water partition coefficient (Wildman–Crippen LogP) is 1.88. The Morgan fingerprint density at radius 2 is 2.19 bits per heavy atom. The van der Waals surface area contributed by atoms with Crippen LogP contribution in [0.3, 0.4) is 0 Å². The van der Waals surface area contributed by atoms with Crippen LogP contribution in [0.5, 0.6) is 0 Å². The van der Waals surface area contributed by atoms with Crippen LogP contribution in [-0.4, -0.2) is 46.1 Å². The van der Waals surface area contributed by atoms with E-state index in [0.29, 0.717) is 5.01 Å². The molecule has 2 heterocycles. The number of rotatable bonds is 5. The van der Waals surface area contributed by atoms with Gasteiger partial charge in [0.2, 0.25) is 0 Å². The molecule has 1 aliphatic heterocycles. The minimum atomic E-state index is -0.903. The highest BCUT2D eigenvalue weighted by Gasteiger charge is 2.19. The summed E-state index contributed by atoms with van der Waals surface area (Å²) in [7, 11) is 0. The van der Waals surface area contributed by atoms with Crippen molar-refractivity contribution in [1.29, 1.82) is 0 Å². The third-order valence-corrected chi connectivity index (χ3v) is 4.58. The largest absolute Gasteiger partial charge is 0.389 e. The van der Waals surface area contributed by atoms with Crippen LogP contribution in [0.2, 0.25) is 0 Å². The summed E-state index contributed by atoms with van der Waals surface area (Å²) >= 11 is 1.37. The van der Waals surface area contributed by atoms with E-state index in [1.807, 2.05) is 5.38 Å². The molecular formula is C15H25N3O2S. The maximum Gasteiger partial charge on any atom is 0.280 e. The molecule has 1 saturated heterocycles. The first-order valence-corrected chi connectivity index (χ1v) is 8.39. The molecule has 0 atom stereocenters. The van der Waals surface area contributed by atoms with Crippen molar-refractivity contribution in [3.8, 4) is 0 Å². The van der Waals surface area contributed by atoms with Gasteiger partial charge in [0.15, 0.2) is 5.01 Å². The van der Waals surface area contributed by atoms with Gasteiger partial charge in [0, 0.05) is 18.5 Å². The maximum absolute atomic E-state index is 12.0. The number of aromatic nitrogens is 1. The molecular weight excluding hydrogens is 286 g/mol. The first-order valence-electron chi connectivity index (χ1n) is 7.51. The first kappa shape index (κ1) is 16.4. The number of carbonyl (C=O) groups is 1. The van der Waals surface area contributed by atoms with E-state index in [9.17, 15) is 9.90 Å². The zero-order valence-corrected chi connectivity index (χ0v) is 13.9. The zero-order chi connectivity index (χ0) is 15.5. The van der Waals surface area contributed by atoms with Crippen LogP contribution < -0.4 is 5.32 Å². The van der Waals surface area contributed by atoms with Crippen molar-refractivity contribution >= 4 is 17.2 Å². The van der Waals surface area contributed by atoms with Crippen molar-refractivity contribution in [3.05, 3.63) is 16.1 Å². The molecule has 118 valence electrons. The number of piperidine rings is 1. The fourth-order valence-corrected chi connectivity index (χ4v) is 3.03. The highest BCUT2D eigenvalue weighted by molar-refractivity contribution is 7.11. The van der Waals surface area contributed by atoms with Crippen LogP contribution in [0.25, 0.3) is 0 Å². The summed E-state index contributed by atoms with van der Waals surface area (Å²) in [5, 5.41) is 14.8. The van der Waals surface area contributed by atoms with Crippen molar-refractivity contribution < 1.29 is 9.90 Å². The number of nitrogens with one attached hydrogen (secondary N) is 1. The standard InChI is InChI=1S/C15H25N3O2S/c1-11-4-6-18(7-5-11)8-12-9-21-14(17-12)13(19)16-10-15(2,3)20/h9,11,20H,4-8,10H2,1-3H3,(H,16,19). The van der Waals surface area contributed by atoms with Crippen molar-refractivity contribution in [2.75, 3.05) is 19.6 Å². The predicted molar refractivity (Wildman–Crippen MR) is 84.4 cm³/mol. The summed E-state index contributed by atoms with van der Waals surface area (Å²) in [6, 6.07) is 0. The summed E-state index contributed by atoms with van der Waals surface area (Å²) < 4.78 is 0. The molecule has 21 heavy (non-hydrogen) atoms. The Labute approximate surface area is 130 Å². The van der Waals surface area contributed by atoms with Crippen LogP contribution in [0.1, 0.15) is 49.1 Å². The lowest BCUT2D eigenvalue weighted by Crippen LogP contribution is -2.38. The molecule has 2 N–H and O–H groups in total. The van der Waals surface area contributed by atoms with Gasteiger partial charge < -0.3 is 10.4 Å². The second-order valence-electron chi connectivity index (χ2n) is 6.60. The average Bonchev–Trinajstić information content (AvgIpc) is 2.86. The molecule has 1 amide bonds. The maximum atomic E-state index is 12.0. The molecule has 0 spiro atoms. The van der Waals surface area contributed by atoms with E-state index in [-0.39, 0.29) is 12.5 Å². The Morgan fingerprint density at radius 1 is 1.52 bits per heavy atom. The highest BCUT2D eigenvalue weighted by Crippen LogP contribution is 2.19. The Morgan fingerprint density at radius 3 is 2.81 bits per heavy atom. The number of likely N-dealkylation sites (tertiary alicyclic amines) is 1. The van der Waals surface area contributed by atoms with E-state index in [2.05, 4.69) is 22.1 Å². The SMILES string of the molecule is CC1CCN(Cc2csc(C(=O)NCC(C)(C)O)n2)CC1. The molecule has 0 aromatic carbocycles. The molecule has 0 unspecified atom stereocenters. The van der Waals surface area contributed by atoms with Gasteiger partial charge in [-0.2, -0.15) is 0 Å². The number of thiazole rings is 1. The van der Waals surface area contributed by atoms with Crippen molar-refractivity contribution in [2.24, 2.45) is 5.92 Å². The second-order valence-corrected chi connectivity index (χ2v) is 7.46. The van der Waals surface area contributed by atoms with Gasteiger partial charge in [-0.05, 0) is 45.7 Å². The molecule has 6 heteroatoms. The fourth-order valence-electron chi connectivity index (χ4n) is 2.31. The van der Waals surface area contributed by atoms with E-state index in [4.69, 9.17) is 0 Å². The van der Waals surface area contributed by atoms with Gasteiger partial charge >= 0.3 is 0 Å². The molecule has 1 aromatic rings. The second kappa shape index (κ2) is 6.85. The molecule has 5 nitrogen and oxygen atoms in total. The Kier molecular flexibility index (Phi) is 5.35. The number of hydrogen-bond donors (Lipinski definition) is 2. The van der Waals surface area contributed by atoms with Crippen molar-refractivity contribution in [3.63, 3.8) is 0 Å². The van der Waals surface area contributed by atoms with E-state index >= 15 is 0 Å². The third-order valence-electron chi connectivity index (χ3n) is 3.69. The lowest BCUT2D eigenvalue weighted by molar-refractivity contribution is 0.0694. The topological polar surface area (TPSA) is 65.5 Å². The lowest BCUT2D eigenvalue weighted by Gasteiger charge is -2.29. The van der Waals surface area contributed by atoms with E-state index in [1.54, 1.807) is 13.8 Å². The van der Waals surface area contributed by atoms with Crippen molar-refractivity contribution in [1.82, 2.24) is 15.2 Å². The van der Waals surface area contributed by atoms with Gasteiger partial charge in [0.25, 0.3) is 5.91 Å². The number of hydrogen-bond acceptors (Lipinski definition) is 5. The molecule has 0 radical (unpaired) electrons. The lowest BCUT2D eigenvalue weighted by atomic mass is 9.99. The van der Waals surface area contributed by atoms with Gasteiger partial charge in [-0.3, -0.25) is 9.69 Å². The van der Waals surface area contributed by atoms with Gasteiger partial charge in [-0.25, -0.2) is 4.98 Å². The van der Waals surface area contributed by atoms with Gasteiger partial charge in [-0.15, -0.1) is 11.3 Å². The smallest absolute Gasteiger partial charge is 0.280 e. The monoisotopic (exact) mass is 311 g/mol. The molecule has 2 rings (SSSR count). The van der Waals surface area contributed by atoms with Gasteiger partial charge in [-0.1, -0.05) is 6.92 Å². The minimum absolute atomic E-state index is 0.208. The van der Waals surface area contributed by atoms with Gasteiger partial charge in [0.05, 0.1) is 11.3 Å². The normalized spacial score (nSPS) is 17.9. The van der Waals surface area contributed by atoms with E-state index < -0.39 is 5.60 Å². The van der Waals surface area contributed by atoms with Crippen LogP contribution >= 0.6 is 11.3 Å². The quantitative estimate of drug-likeness (QED) is 0.871. The summed E-state index contributed by atoms with van der Waals surface area (Å²) in [5.74, 6) is 0.612.